The number of carboxylic acid groups (broad SMARTS) is 1. The van der Waals surface area contributed by atoms with Gasteiger partial charge in [-0.15, -0.1) is 0 Å². The summed E-state index contributed by atoms with van der Waals surface area (Å²) in [6.07, 6.45) is 0. The van der Waals surface area contributed by atoms with E-state index in [1.165, 1.54) is 30.3 Å². The zero-order valence-electron chi connectivity index (χ0n) is 19.1. The molecule has 0 unspecified atom stereocenters. The Morgan fingerprint density at radius 1 is 0.757 bits per heavy atom. The van der Waals surface area contributed by atoms with Gasteiger partial charge < -0.3 is 36.4 Å². The molecule has 0 aromatic heterocycles. The first-order valence-corrected chi connectivity index (χ1v) is 11.1. The van der Waals surface area contributed by atoms with Gasteiger partial charge in [-0.3, -0.25) is 14.4 Å². The molecule has 192 valence electrons. The number of hydrogen-bond donors (Lipinski definition) is 7. The second-order valence-electron chi connectivity index (χ2n) is 7.86. The van der Waals surface area contributed by atoms with Gasteiger partial charge in [-0.2, -0.15) is 0 Å². The van der Waals surface area contributed by atoms with Gasteiger partial charge in [0.2, 0.25) is 0 Å². The zero-order chi connectivity index (χ0) is 27.1. The summed E-state index contributed by atoms with van der Waals surface area (Å²) in [5.41, 5.74) is 0.608. The highest BCUT2D eigenvalue weighted by atomic mass is 35.5. The van der Waals surface area contributed by atoms with Crippen molar-refractivity contribution < 1.29 is 39.6 Å². The predicted molar refractivity (Wildman–Crippen MR) is 132 cm³/mol. The Labute approximate surface area is 215 Å². The van der Waals surface area contributed by atoms with E-state index in [4.69, 9.17) is 11.6 Å². The SMILES string of the molecule is O=C(NCc1cccc(O)c1)c1ccc(C(=O)N[C@@H](CNC(=O)c2cc(O)cc(O)c2)C(=O)O)c(Cl)c1. The number of carbonyl (C=O) groups excluding carboxylic acids is 3. The van der Waals surface area contributed by atoms with Crippen molar-refractivity contribution in [3.63, 3.8) is 0 Å². The first kappa shape index (κ1) is 26.8. The molecule has 0 saturated carbocycles. The number of hydrogen-bond acceptors (Lipinski definition) is 7. The Bertz CT molecular complexity index is 1340. The highest BCUT2D eigenvalue weighted by molar-refractivity contribution is 6.34. The number of aliphatic carboxylic acids is 1. The number of amides is 3. The van der Waals surface area contributed by atoms with Crippen LogP contribution in [-0.4, -0.2) is 56.7 Å². The van der Waals surface area contributed by atoms with Crippen LogP contribution in [0.5, 0.6) is 17.2 Å². The molecule has 3 aromatic rings. The molecule has 0 aliphatic rings. The second kappa shape index (κ2) is 11.8. The van der Waals surface area contributed by atoms with Gasteiger partial charge in [-0.05, 0) is 48.0 Å². The number of phenols is 3. The number of halogens is 1. The number of benzene rings is 3. The third-order valence-corrected chi connectivity index (χ3v) is 5.39. The van der Waals surface area contributed by atoms with Crippen LogP contribution in [0, 0.1) is 0 Å². The average molecular weight is 528 g/mol. The van der Waals surface area contributed by atoms with E-state index in [-0.39, 0.29) is 45.5 Å². The fourth-order valence-electron chi connectivity index (χ4n) is 3.25. The fourth-order valence-corrected chi connectivity index (χ4v) is 3.52. The molecule has 0 radical (unpaired) electrons. The van der Waals surface area contributed by atoms with Crippen LogP contribution in [0.2, 0.25) is 5.02 Å². The van der Waals surface area contributed by atoms with Gasteiger partial charge in [0.1, 0.15) is 23.3 Å². The van der Waals surface area contributed by atoms with Gasteiger partial charge >= 0.3 is 5.97 Å². The van der Waals surface area contributed by atoms with Gasteiger partial charge in [0.05, 0.1) is 10.6 Å². The number of aromatic hydroxyl groups is 3. The molecule has 3 aromatic carbocycles. The van der Waals surface area contributed by atoms with Gasteiger partial charge in [-0.25, -0.2) is 4.79 Å². The summed E-state index contributed by atoms with van der Waals surface area (Å²) < 4.78 is 0. The lowest BCUT2D eigenvalue weighted by Gasteiger charge is -2.16. The van der Waals surface area contributed by atoms with Crippen LogP contribution in [0.1, 0.15) is 36.6 Å². The molecule has 0 saturated heterocycles. The van der Waals surface area contributed by atoms with Crippen LogP contribution < -0.4 is 16.0 Å². The molecule has 0 fully saturated rings. The maximum absolute atomic E-state index is 12.6. The highest BCUT2D eigenvalue weighted by Crippen LogP contribution is 2.21. The summed E-state index contributed by atoms with van der Waals surface area (Å²) in [5, 5.41) is 45.0. The number of rotatable bonds is 9. The van der Waals surface area contributed by atoms with Crippen molar-refractivity contribution >= 4 is 35.3 Å². The van der Waals surface area contributed by atoms with Crippen LogP contribution in [0.25, 0.3) is 0 Å². The number of carbonyl (C=O) groups is 4. The van der Waals surface area contributed by atoms with Crippen molar-refractivity contribution in [1.82, 2.24) is 16.0 Å². The first-order valence-electron chi connectivity index (χ1n) is 10.7. The van der Waals surface area contributed by atoms with E-state index in [0.717, 1.165) is 18.2 Å². The quantitative estimate of drug-likeness (QED) is 0.220. The van der Waals surface area contributed by atoms with E-state index in [2.05, 4.69) is 16.0 Å². The molecule has 0 bridgehead atoms. The van der Waals surface area contributed by atoms with E-state index in [1.807, 2.05) is 0 Å². The Balaban J connectivity index is 1.62. The third kappa shape index (κ3) is 7.36. The van der Waals surface area contributed by atoms with Crippen molar-refractivity contribution in [1.29, 1.82) is 0 Å². The summed E-state index contributed by atoms with van der Waals surface area (Å²) in [5.74, 6) is -4.23. The van der Waals surface area contributed by atoms with Gasteiger partial charge in [0, 0.05) is 30.3 Å². The minimum absolute atomic E-state index is 0.0584. The maximum atomic E-state index is 12.6. The summed E-state index contributed by atoms with van der Waals surface area (Å²) in [6.45, 7) is -0.370. The molecule has 7 N–H and O–H groups in total. The summed E-state index contributed by atoms with van der Waals surface area (Å²) in [4.78, 5) is 48.9. The molecule has 0 heterocycles. The molecule has 12 heteroatoms. The Hall–Kier alpha value is -4.77. The molecule has 3 amide bonds. The molecule has 0 aliphatic carbocycles. The lowest BCUT2D eigenvalue weighted by atomic mass is 10.1. The summed E-state index contributed by atoms with van der Waals surface area (Å²) in [6, 6.07) is 11.8. The first-order chi connectivity index (χ1) is 17.5. The van der Waals surface area contributed by atoms with E-state index < -0.39 is 36.3 Å². The number of phenolic OH excluding ortho intramolecular Hbond substituents is 3. The van der Waals surface area contributed by atoms with Gasteiger partial charge in [0.25, 0.3) is 17.7 Å². The largest absolute Gasteiger partial charge is 0.508 e. The molecule has 3 rings (SSSR count). The van der Waals surface area contributed by atoms with Crippen LogP contribution >= 0.6 is 11.6 Å². The standard InChI is InChI=1S/C25H22ClN3O8/c26-20-9-14(22(33)27-11-13-2-1-3-16(30)6-13)4-5-19(20)24(35)29-21(25(36)37)12-28-23(34)15-7-17(31)10-18(32)8-15/h1-10,21,30-32H,11-12H2,(H,27,33)(H,28,34)(H,29,35)(H,36,37)/t21-/m0/s1. The Kier molecular flexibility index (Phi) is 8.54. The minimum atomic E-state index is -1.54. The molecular formula is C25H22ClN3O8. The van der Waals surface area contributed by atoms with Crippen molar-refractivity contribution in [2.75, 3.05) is 6.54 Å². The van der Waals surface area contributed by atoms with Gasteiger partial charge in [-0.1, -0.05) is 23.7 Å². The molecule has 1 atom stereocenters. The zero-order valence-corrected chi connectivity index (χ0v) is 19.8. The third-order valence-electron chi connectivity index (χ3n) is 5.07. The monoisotopic (exact) mass is 527 g/mol. The molecule has 0 spiro atoms. The van der Waals surface area contributed by atoms with Crippen LogP contribution in [0.4, 0.5) is 0 Å². The van der Waals surface area contributed by atoms with Gasteiger partial charge in [0.15, 0.2) is 0 Å². The molecule has 37 heavy (non-hydrogen) atoms. The number of carboxylic acids is 1. The lowest BCUT2D eigenvalue weighted by molar-refractivity contribution is -0.139. The summed E-state index contributed by atoms with van der Waals surface area (Å²) in [7, 11) is 0. The fraction of sp³-hybridized carbons (Fsp3) is 0.120. The predicted octanol–water partition coefficient (Wildman–Crippen LogP) is 2.00. The van der Waals surface area contributed by atoms with E-state index in [9.17, 15) is 39.6 Å². The van der Waals surface area contributed by atoms with Crippen molar-refractivity contribution in [2.45, 2.75) is 12.6 Å². The summed E-state index contributed by atoms with van der Waals surface area (Å²) >= 11 is 6.17. The molecular weight excluding hydrogens is 506 g/mol. The molecule has 0 aliphatic heterocycles. The van der Waals surface area contributed by atoms with E-state index in [0.29, 0.717) is 5.56 Å². The smallest absolute Gasteiger partial charge is 0.328 e. The minimum Gasteiger partial charge on any atom is -0.508 e. The second-order valence-corrected chi connectivity index (χ2v) is 8.27. The van der Waals surface area contributed by atoms with Crippen LogP contribution in [0.15, 0.2) is 60.7 Å². The van der Waals surface area contributed by atoms with E-state index >= 15 is 0 Å². The topological polar surface area (TPSA) is 185 Å². The number of nitrogens with one attached hydrogen (secondary N) is 3. The van der Waals surface area contributed by atoms with Crippen LogP contribution in [0.3, 0.4) is 0 Å². The normalized spacial score (nSPS) is 11.3. The highest BCUT2D eigenvalue weighted by Gasteiger charge is 2.23. The van der Waals surface area contributed by atoms with E-state index in [1.54, 1.807) is 12.1 Å². The van der Waals surface area contributed by atoms with Crippen LogP contribution in [-0.2, 0) is 11.3 Å². The van der Waals surface area contributed by atoms with Crippen molar-refractivity contribution in [3.05, 3.63) is 87.9 Å². The van der Waals surface area contributed by atoms with Crippen molar-refractivity contribution in [3.8, 4) is 17.2 Å². The molecule has 11 nitrogen and oxygen atoms in total. The average Bonchev–Trinajstić information content (AvgIpc) is 2.83. The Morgan fingerprint density at radius 2 is 1.43 bits per heavy atom. The lowest BCUT2D eigenvalue weighted by Crippen LogP contribution is -2.48. The van der Waals surface area contributed by atoms with Crippen molar-refractivity contribution in [2.24, 2.45) is 0 Å². The maximum Gasteiger partial charge on any atom is 0.328 e. The Morgan fingerprint density at radius 3 is 2.05 bits per heavy atom.